The maximum Gasteiger partial charge on any atom is 0.193 e. The Morgan fingerprint density at radius 1 is 1.50 bits per heavy atom. The van der Waals surface area contributed by atoms with Gasteiger partial charge in [-0.25, -0.2) is 4.98 Å². The largest absolute Gasteiger partial charge is 0.381 e. The van der Waals surface area contributed by atoms with E-state index in [-0.39, 0.29) is 0 Å². The maximum atomic E-state index is 5.46. The van der Waals surface area contributed by atoms with E-state index in [1.807, 2.05) is 0 Å². The van der Waals surface area contributed by atoms with Gasteiger partial charge in [0.05, 0.1) is 17.3 Å². The lowest BCUT2D eigenvalue weighted by molar-refractivity contribution is 0.181. The summed E-state index contributed by atoms with van der Waals surface area (Å²) in [5.41, 5.74) is 1.15. The van der Waals surface area contributed by atoms with Gasteiger partial charge in [-0.15, -0.1) is 11.3 Å². The Morgan fingerprint density at radius 3 is 2.91 bits per heavy atom. The molecule has 1 aliphatic rings. The predicted octanol–water partition coefficient (Wildman–Crippen LogP) is 2.24. The summed E-state index contributed by atoms with van der Waals surface area (Å²) in [5, 5.41) is 4.53. The van der Waals surface area contributed by atoms with Crippen molar-refractivity contribution < 1.29 is 4.74 Å². The van der Waals surface area contributed by atoms with Gasteiger partial charge in [0.15, 0.2) is 5.96 Å². The second kappa shape index (κ2) is 8.48. The molecule has 1 N–H and O–H groups in total. The van der Waals surface area contributed by atoms with Crippen LogP contribution in [0.3, 0.4) is 0 Å². The lowest BCUT2D eigenvalue weighted by Gasteiger charge is -2.24. The van der Waals surface area contributed by atoms with Gasteiger partial charge in [-0.1, -0.05) is 0 Å². The second-order valence-electron chi connectivity index (χ2n) is 5.84. The quantitative estimate of drug-likeness (QED) is 0.644. The minimum atomic E-state index is 0.625. The van der Waals surface area contributed by atoms with Crippen molar-refractivity contribution in [2.24, 2.45) is 10.9 Å². The van der Waals surface area contributed by atoms with Crippen molar-refractivity contribution in [1.82, 2.24) is 15.2 Å². The number of thiazole rings is 1. The van der Waals surface area contributed by atoms with Crippen molar-refractivity contribution in [3.05, 3.63) is 15.6 Å². The van der Waals surface area contributed by atoms with Crippen LogP contribution in [0.2, 0.25) is 0 Å². The number of aromatic nitrogens is 1. The molecule has 22 heavy (non-hydrogen) atoms. The molecule has 0 amide bonds. The normalized spacial score (nSPS) is 18.7. The number of nitrogens with zero attached hydrogens (tertiary/aromatic N) is 3. The Morgan fingerprint density at radius 2 is 2.32 bits per heavy atom. The molecule has 0 aromatic carbocycles. The molecule has 2 heterocycles. The number of hydrogen-bond donors (Lipinski definition) is 1. The van der Waals surface area contributed by atoms with E-state index in [0.717, 1.165) is 62.4 Å². The van der Waals surface area contributed by atoms with Crippen molar-refractivity contribution in [2.45, 2.75) is 33.6 Å². The molecule has 0 aliphatic carbocycles. The van der Waals surface area contributed by atoms with E-state index in [1.54, 1.807) is 11.3 Å². The van der Waals surface area contributed by atoms with Crippen LogP contribution in [0.15, 0.2) is 4.99 Å². The zero-order valence-electron chi connectivity index (χ0n) is 14.2. The SMILES string of the molecule is CCNC(=NCCc1sc(C)nc1C)N(C)CC1CCOC1. The fourth-order valence-electron chi connectivity index (χ4n) is 2.74. The molecule has 1 aliphatic heterocycles. The van der Waals surface area contributed by atoms with E-state index in [2.05, 4.69) is 43.0 Å². The monoisotopic (exact) mass is 324 g/mol. The Bertz CT molecular complexity index is 494. The Hall–Kier alpha value is -1.14. The van der Waals surface area contributed by atoms with Crippen LogP contribution in [0.25, 0.3) is 0 Å². The molecule has 124 valence electrons. The summed E-state index contributed by atoms with van der Waals surface area (Å²) in [5.74, 6) is 1.62. The number of nitrogens with one attached hydrogen (secondary N) is 1. The minimum Gasteiger partial charge on any atom is -0.381 e. The van der Waals surface area contributed by atoms with Gasteiger partial charge >= 0.3 is 0 Å². The summed E-state index contributed by atoms with van der Waals surface area (Å²) in [7, 11) is 2.11. The first-order chi connectivity index (χ1) is 10.6. The zero-order valence-corrected chi connectivity index (χ0v) is 15.0. The summed E-state index contributed by atoms with van der Waals surface area (Å²) >= 11 is 1.78. The molecule has 1 unspecified atom stereocenters. The number of rotatable bonds is 6. The van der Waals surface area contributed by atoms with E-state index >= 15 is 0 Å². The van der Waals surface area contributed by atoms with Crippen LogP contribution >= 0.6 is 11.3 Å². The number of guanidine groups is 1. The van der Waals surface area contributed by atoms with Crippen LogP contribution in [0.5, 0.6) is 0 Å². The molecule has 1 saturated heterocycles. The maximum absolute atomic E-state index is 5.46. The number of aliphatic imine (C=N–C) groups is 1. The molecule has 0 bridgehead atoms. The van der Waals surface area contributed by atoms with E-state index in [4.69, 9.17) is 9.73 Å². The summed E-state index contributed by atoms with van der Waals surface area (Å²) in [6.07, 6.45) is 2.12. The Kier molecular flexibility index (Phi) is 6.64. The van der Waals surface area contributed by atoms with Gasteiger partial charge in [0, 0.05) is 50.5 Å². The average molecular weight is 324 g/mol. The van der Waals surface area contributed by atoms with Crippen molar-refractivity contribution in [1.29, 1.82) is 0 Å². The third-order valence-electron chi connectivity index (χ3n) is 3.85. The topological polar surface area (TPSA) is 49.8 Å². The minimum absolute atomic E-state index is 0.625. The lowest BCUT2D eigenvalue weighted by atomic mass is 10.1. The highest BCUT2D eigenvalue weighted by Crippen LogP contribution is 2.17. The van der Waals surface area contributed by atoms with Crippen LogP contribution < -0.4 is 5.32 Å². The van der Waals surface area contributed by atoms with Gasteiger partial charge < -0.3 is 15.0 Å². The van der Waals surface area contributed by atoms with Gasteiger partial charge in [0.1, 0.15) is 0 Å². The van der Waals surface area contributed by atoms with Crippen molar-refractivity contribution in [2.75, 3.05) is 39.9 Å². The van der Waals surface area contributed by atoms with Gasteiger partial charge in [-0.2, -0.15) is 0 Å². The Labute approximate surface area is 137 Å². The molecule has 5 nitrogen and oxygen atoms in total. The first-order valence-corrected chi connectivity index (χ1v) is 8.92. The van der Waals surface area contributed by atoms with E-state index in [1.165, 1.54) is 4.88 Å². The van der Waals surface area contributed by atoms with E-state index in [0.29, 0.717) is 5.92 Å². The fraction of sp³-hybridized carbons (Fsp3) is 0.750. The molecule has 0 radical (unpaired) electrons. The molecular formula is C16H28N4OS. The van der Waals surface area contributed by atoms with Crippen molar-refractivity contribution in [3.63, 3.8) is 0 Å². The van der Waals surface area contributed by atoms with Crippen molar-refractivity contribution in [3.8, 4) is 0 Å². The number of aryl methyl sites for hydroxylation is 2. The fourth-order valence-corrected chi connectivity index (χ4v) is 3.67. The first-order valence-electron chi connectivity index (χ1n) is 8.10. The lowest BCUT2D eigenvalue weighted by Crippen LogP contribution is -2.41. The second-order valence-corrected chi connectivity index (χ2v) is 7.13. The van der Waals surface area contributed by atoms with Crippen molar-refractivity contribution >= 4 is 17.3 Å². The molecule has 0 spiro atoms. The van der Waals surface area contributed by atoms with Gasteiger partial charge in [0.25, 0.3) is 0 Å². The van der Waals surface area contributed by atoms with Crippen LogP contribution in [-0.4, -0.2) is 55.7 Å². The molecule has 1 fully saturated rings. The third kappa shape index (κ3) is 4.95. The average Bonchev–Trinajstić information content (AvgIpc) is 3.08. The predicted molar refractivity (Wildman–Crippen MR) is 92.8 cm³/mol. The summed E-state index contributed by atoms with van der Waals surface area (Å²) in [4.78, 5) is 12.8. The molecule has 1 aromatic heterocycles. The van der Waals surface area contributed by atoms with Crippen LogP contribution in [0.4, 0.5) is 0 Å². The van der Waals surface area contributed by atoms with Crippen LogP contribution in [-0.2, 0) is 11.2 Å². The zero-order chi connectivity index (χ0) is 15.9. The summed E-state index contributed by atoms with van der Waals surface area (Å²) in [6.45, 7) is 10.7. The van der Waals surface area contributed by atoms with Gasteiger partial charge in [-0.3, -0.25) is 4.99 Å². The molecule has 2 rings (SSSR count). The molecule has 1 atom stereocenters. The van der Waals surface area contributed by atoms with E-state index < -0.39 is 0 Å². The molecule has 1 aromatic rings. The van der Waals surface area contributed by atoms with Gasteiger partial charge in [0.2, 0.25) is 0 Å². The molecular weight excluding hydrogens is 296 g/mol. The Balaban J connectivity index is 1.89. The van der Waals surface area contributed by atoms with Crippen LogP contribution in [0, 0.1) is 19.8 Å². The number of ether oxygens (including phenoxy) is 1. The number of hydrogen-bond acceptors (Lipinski definition) is 4. The first kappa shape index (κ1) is 17.2. The standard InChI is InChI=1S/C16H28N4OS/c1-5-17-16(20(4)10-14-7-9-21-11-14)18-8-6-15-12(2)19-13(3)22-15/h14H,5-11H2,1-4H3,(H,17,18). The summed E-state index contributed by atoms with van der Waals surface area (Å²) in [6, 6.07) is 0. The smallest absolute Gasteiger partial charge is 0.193 e. The highest BCUT2D eigenvalue weighted by Gasteiger charge is 2.19. The van der Waals surface area contributed by atoms with Crippen LogP contribution in [0.1, 0.15) is 28.9 Å². The molecule has 0 saturated carbocycles. The molecule has 6 heteroatoms. The van der Waals surface area contributed by atoms with Gasteiger partial charge in [-0.05, 0) is 27.2 Å². The van der Waals surface area contributed by atoms with E-state index in [9.17, 15) is 0 Å². The highest BCUT2D eigenvalue weighted by molar-refractivity contribution is 7.11. The third-order valence-corrected chi connectivity index (χ3v) is 4.99. The summed E-state index contributed by atoms with van der Waals surface area (Å²) < 4.78 is 5.46. The highest BCUT2D eigenvalue weighted by atomic mass is 32.1.